The summed E-state index contributed by atoms with van der Waals surface area (Å²) in [4.78, 5) is 64.8. The Labute approximate surface area is 408 Å². The number of fused-ring (bicyclic) bond motifs is 1. The van der Waals surface area contributed by atoms with Gasteiger partial charge >= 0.3 is 0 Å². The molecule has 0 radical (unpaired) electrons. The second-order valence-corrected chi connectivity index (χ2v) is 19.3. The van der Waals surface area contributed by atoms with E-state index in [2.05, 4.69) is 43.8 Å². The molecule has 5 aromatic rings. The van der Waals surface area contributed by atoms with Gasteiger partial charge in [0.1, 0.15) is 12.1 Å². The monoisotopic (exact) mass is 965 g/mol. The predicted molar refractivity (Wildman–Crippen MR) is 266 cm³/mol. The number of aliphatic hydroxyl groups is 1. The molecule has 0 spiro atoms. The first-order chi connectivity index (χ1) is 33.2. The van der Waals surface area contributed by atoms with E-state index in [1.54, 1.807) is 22.9 Å². The van der Waals surface area contributed by atoms with Gasteiger partial charge in [0.15, 0.2) is 0 Å². The number of carbonyl (C=O) groups is 4. The number of aryl methyl sites for hydroxylation is 1. The van der Waals surface area contributed by atoms with E-state index in [1.807, 2.05) is 101 Å². The summed E-state index contributed by atoms with van der Waals surface area (Å²) < 4.78 is 17.4. The molecule has 16 nitrogen and oxygen atoms in total. The molecule has 6 N–H and O–H groups in total. The van der Waals surface area contributed by atoms with Crippen LogP contribution in [-0.2, 0) is 46.4 Å². The minimum Gasteiger partial charge on any atom is -0.391 e. The first-order valence-corrected chi connectivity index (χ1v) is 24.4. The largest absolute Gasteiger partial charge is 0.391 e. The Morgan fingerprint density at radius 2 is 1.62 bits per heavy atom. The van der Waals surface area contributed by atoms with E-state index in [4.69, 9.17) is 19.4 Å². The van der Waals surface area contributed by atoms with E-state index in [0.29, 0.717) is 39.5 Å². The van der Waals surface area contributed by atoms with E-state index in [9.17, 15) is 24.3 Å². The van der Waals surface area contributed by atoms with Gasteiger partial charge in [-0.1, -0.05) is 87.5 Å². The van der Waals surface area contributed by atoms with Crippen molar-refractivity contribution < 1.29 is 43.7 Å². The number of aliphatic hydroxyl groups excluding tert-OH is 1. The van der Waals surface area contributed by atoms with Crippen molar-refractivity contribution in [3.63, 3.8) is 0 Å². The molecule has 1 aliphatic rings. The number of nitrogens with zero attached hydrogens (tertiary/aromatic N) is 3. The Balaban J connectivity index is 0.885. The second kappa shape index (κ2) is 25.7. The highest BCUT2D eigenvalue weighted by molar-refractivity contribution is 7.13. The average Bonchev–Trinajstić information content (AvgIpc) is 4.08. The molecule has 1 fully saturated rings. The van der Waals surface area contributed by atoms with Crippen molar-refractivity contribution in [1.82, 2.24) is 35.9 Å². The number of hydrogen-bond acceptors (Lipinski definition) is 12. The number of para-hydroxylation sites is 1. The van der Waals surface area contributed by atoms with Crippen LogP contribution in [0.25, 0.3) is 27.4 Å². The number of β-amino-alcohol motifs (C(OH)–C–C–N with tert-alkyl or cyclic N) is 1. The van der Waals surface area contributed by atoms with Gasteiger partial charge in [-0.15, -0.1) is 11.3 Å². The second-order valence-electron chi connectivity index (χ2n) is 18.4. The van der Waals surface area contributed by atoms with Crippen molar-refractivity contribution in [2.75, 3.05) is 59.3 Å². The highest BCUT2D eigenvalue weighted by Crippen LogP contribution is 2.30. The first kappa shape index (κ1) is 52.6. The highest BCUT2D eigenvalue weighted by atomic mass is 32.1. The van der Waals surface area contributed by atoms with E-state index >= 15 is 0 Å². The Morgan fingerprint density at radius 3 is 2.30 bits per heavy atom. The molecule has 0 bridgehead atoms. The van der Waals surface area contributed by atoms with Crippen LogP contribution in [0.3, 0.4) is 0 Å². The Kier molecular flexibility index (Phi) is 19.6. The molecule has 370 valence electrons. The van der Waals surface area contributed by atoms with Gasteiger partial charge in [-0.3, -0.25) is 29.3 Å². The normalized spacial score (nSPS) is 16.0. The van der Waals surface area contributed by atoms with Gasteiger partial charge in [0, 0.05) is 62.2 Å². The molecular formula is C52H67N7O9S. The molecule has 4 atom stereocenters. The number of ether oxygens (including phenoxy) is 3. The zero-order chi connectivity index (χ0) is 49.3. The van der Waals surface area contributed by atoms with Gasteiger partial charge in [-0.25, -0.2) is 10.5 Å². The fraction of sp³-hybridized carbons (Fsp3) is 0.442. The summed E-state index contributed by atoms with van der Waals surface area (Å²) >= 11 is 1.57. The number of aromatic amines is 1. The molecule has 4 amide bonds. The molecule has 2 unspecified atom stereocenters. The standard InChI is InChI=1S/C52H67N7O9S/c1-35(39-15-17-40(18-16-39)48-36(2)54-34-69-48)55-50(63)45-30-42(60)33-59(45)51(64)49(52(3,4)5)56-46(61)21-24-66-26-28-68-29-27-67-25-23-58(22-20-41-31-53-44-9-7-6-8-43(41)44)32-38-12-10-37(11-13-38)14-19-47(62)57-65/h6-19,31,34-35,42,45,49,53,60,65H,20-30,32-33H2,1-5H3,(H,55,63)(H,56,61)(H,57,62)/b19-14+/t35-,42?,45?,49+/m0/s1. The van der Waals surface area contributed by atoms with Crippen molar-refractivity contribution in [2.45, 2.75) is 84.7 Å². The predicted octanol–water partition coefficient (Wildman–Crippen LogP) is 5.97. The van der Waals surface area contributed by atoms with Gasteiger partial charge in [0.25, 0.3) is 5.91 Å². The van der Waals surface area contributed by atoms with E-state index < -0.39 is 35.4 Å². The van der Waals surface area contributed by atoms with Crippen molar-refractivity contribution >= 4 is 51.9 Å². The molecule has 0 saturated carbocycles. The number of hydrogen-bond donors (Lipinski definition) is 6. The SMILES string of the molecule is Cc1ncsc1-c1ccc([C@H](C)NC(=O)C2CC(O)CN2C(=O)[C@@H](NC(=O)CCOCCOCCOCCN(CCc2c[nH]c3ccccc23)Cc2ccc(/C=C/C(=O)NO)cc2)C(C)(C)C)cc1. The Hall–Kier alpha value is -5.79. The third-order valence-corrected chi connectivity index (χ3v) is 13.1. The third kappa shape index (κ3) is 15.6. The number of nitrogens with one attached hydrogen (secondary N) is 4. The van der Waals surface area contributed by atoms with Crippen LogP contribution in [0.5, 0.6) is 0 Å². The third-order valence-electron chi connectivity index (χ3n) is 12.1. The molecule has 3 heterocycles. The lowest BCUT2D eigenvalue weighted by Gasteiger charge is -2.35. The van der Waals surface area contributed by atoms with Crippen molar-refractivity contribution in [1.29, 1.82) is 0 Å². The molecule has 69 heavy (non-hydrogen) atoms. The van der Waals surface area contributed by atoms with E-state index in [1.165, 1.54) is 21.9 Å². The summed E-state index contributed by atoms with van der Waals surface area (Å²) in [5.41, 5.74) is 9.96. The Morgan fingerprint density at radius 1 is 0.928 bits per heavy atom. The lowest BCUT2D eigenvalue weighted by atomic mass is 9.85. The molecular weight excluding hydrogens is 899 g/mol. The van der Waals surface area contributed by atoms with Crippen LogP contribution in [0.1, 0.15) is 74.5 Å². The molecule has 1 aliphatic heterocycles. The number of benzene rings is 3. The van der Waals surface area contributed by atoms with Crippen LogP contribution < -0.4 is 16.1 Å². The van der Waals surface area contributed by atoms with Gasteiger partial charge in [-0.05, 0) is 65.6 Å². The van der Waals surface area contributed by atoms with Crippen molar-refractivity contribution in [2.24, 2.45) is 5.41 Å². The fourth-order valence-electron chi connectivity index (χ4n) is 8.24. The maximum Gasteiger partial charge on any atom is 0.267 e. The number of likely N-dealkylation sites (tertiary alicyclic amines) is 1. The fourth-order valence-corrected chi connectivity index (χ4v) is 9.05. The van der Waals surface area contributed by atoms with Crippen LogP contribution in [0.4, 0.5) is 0 Å². The van der Waals surface area contributed by atoms with Crippen LogP contribution in [-0.4, -0.2) is 131 Å². The smallest absolute Gasteiger partial charge is 0.267 e. The zero-order valence-corrected chi connectivity index (χ0v) is 41.1. The molecule has 3 aromatic carbocycles. The summed E-state index contributed by atoms with van der Waals surface area (Å²) in [7, 11) is 0. The zero-order valence-electron chi connectivity index (χ0n) is 40.2. The Bertz CT molecular complexity index is 2470. The van der Waals surface area contributed by atoms with E-state index in [0.717, 1.165) is 51.3 Å². The van der Waals surface area contributed by atoms with Gasteiger partial charge in [-0.2, -0.15) is 0 Å². The number of thiazole rings is 1. The molecule has 0 aliphatic carbocycles. The highest BCUT2D eigenvalue weighted by Gasteiger charge is 2.44. The van der Waals surface area contributed by atoms with Gasteiger partial charge in [0.05, 0.1) is 67.9 Å². The summed E-state index contributed by atoms with van der Waals surface area (Å²) in [6.45, 7) is 13.6. The molecule has 6 rings (SSSR count). The maximum atomic E-state index is 14.1. The van der Waals surface area contributed by atoms with Gasteiger partial charge < -0.3 is 39.8 Å². The molecule has 1 saturated heterocycles. The summed E-state index contributed by atoms with van der Waals surface area (Å²) in [5, 5.41) is 26.5. The van der Waals surface area contributed by atoms with Crippen molar-refractivity contribution in [3.05, 3.63) is 119 Å². The van der Waals surface area contributed by atoms with E-state index in [-0.39, 0.29) is 50.5 Å². The lowest BCUT2D eigenvalue weighted by molar-refractivity contribution is -0.144. The summed E-state index contributed by atoms with van der Waals surface area (Å²) in [6.07, 6.45) is 5.08. The number of H-pyrrole nitrogens is 1. The molecule has 2 aromatic heterocycles. The minimum absolute atomic E-state index is 0.0120. The summed E-state index contributed by atoms with van der Waals surface area (Å²) in [5.74, 6) is -1.74. The minimum atomic E-state index is -0.940. The van der Waals surface area contributed by atoms with Crippen molar-refractivity contribution in [3.8, 4) is 10.4 Å². The number of aromatic nitrogens is 2. The quantitative estimate of drug-likeness (QED) is 0.0174. The number of hydroxylamine groups is 1. The number of carbonyl (C=O) groups excluding carboxylic acids is 4. The van der Waals surface area contributed by atoms with Crippen LogP contribution in [0, 0.1) is 12.3 Å². The summed E-state index contributed by atoms with van der Waals surface area (Å²) in [6, 6.07) is 21.9. The maximum absolute atomic E-state index is 14.1. The van der Waals surface area contributed by atoms with Crippen LogP contribution in [0.2, 0.25) is 0 Å². The topological polar surface area (TPSA) is 208 Å². The van der Waals surface area contributed by atoms with Gasteiger partial charge in [0.2, 0.25) is 17.7 Å². The number of rotatable bonds is 25. The number of amides is 4. The van der Waals surface area contributed by atoms with Crippen LogP contribution in [0.15, 0.2) is 90.6 Å². The average molecular weight is 966 g/mol. The lowest BCUT2D eigenvalue weighted by Crippen LogP contribution is -2.58. The first-order valence-electron chi connectivity index (χ1n) is 23.5. The molecule has 17 heteroatoms. The van der Waals surface area contributed by atoms with Crippen LogP contribution >= 0.6 is 11.3 Å².